The summed E-state index contributed by atoms with van der Waals surface area (Å²) in [6, 6.07) is 2.24. The highest BCUT2D eigenvalue weighted by Gasteiger charge is 2.30. The van der Waals surface area contributed by atoms with Crippen LogP contribution in [0.1, 0.15) is 64.7 Å². The van der Waals surface area contributed by atoms with E-state index in [1.807, 2.05) is 0 Å². The van der Waals surface area contributed by atoms with Crippen molar-refractivity contribution in [2.75, 3.05) is 6.54 Å². The molecule has 2 aliphatic rings. The van der Waals surface area contributed by atoms with Gasteiger partial charge in [-0.1, -0.05) is 19.8 Å². The molecule has 2 aliphatic carbocycles. The number of hydrogen-bond acceptors (Lipinski definition) is 2. The number of hydrogen-bond donors (Lipinski definition) is 1. The van der Waals surface area contributed by atoms with E-state index in [1.165, 1.54) is 64.3 Å². The van der Waals surface area contributed by atoms with Crippen LogP contribution in [0, 0.1) is 0 Å². The molecule has 0 unspecified atom stereocenters. The Morgan fingerprint density at radius 2 is 1.50 bits per heavy atom. The van der Waals surface area contributed by atoms with Gasteiger partial charge in [0.25, 0.3) is 0 Å². The Hall–Kier alpha value is -0.0800. The van der Waals surface area contributed by atoms with Gasteiger partial charge in [-0.05, 0) is 51.5 Å². The van der Waals surface area contributed by atoms with E-state index in [-0.39, 0.29) is 0 Å². The van der Waals surface area contributed by atoms with Gasteiger partial charge in [0.1, 0.15) is 0 Å². The highest BCUT2D eigenvalue weighted by atomic mass is 15.2. The number of nitrogens with two attached hydrogens (primary N) is 1. The van der Waals surface area contributed by atoms with Crippen LogP contribution in [-0.2, 0) is 0 Å². The first-order chi connectivity index (χ1) is 7.81. The molecule has 0 aromatic carbocycles. The molecule has 94 valence electrons. The van der Waals surface area contributed by atoms with E-state index in [1.54, 1.807) is 0 Å². The molecule has 0 spiro atoms. The van der Waals surface area contributed by atoms with E-state index in [9.17, 15) is 0 Å². The van der Waals surface area contributed by atoms with Crippen LogP contribution in [0.25, 0.3) is 0 Å². The van der Waals surface area contributed by atoms with Crippen LogP contribution in [0.5, 0.6) is 0 Å². The fraction of sp³-hybridized carbons (Fsp3) is 1.00. The lowest BCUT2D eigenvalue weighted by atomic mass is 9.89. The van der Waals surface area contributed by atoms with Crippen molar-refractivity contribution in [3.63, 3.8) is 0 Å². The summed E-state index contributed by atoms with van der Waals surface area (Å²) in [7, 11) is 0. The topological polar surface area (TPSA) is 29.3 Å². The highest BCUT2D eigenvalue weighted by molar-refractivity contribution is 4.86. The molecule has 0 aliphatic heterocycles. The molecular weight excluding hydrogens is 196 g/mol. The third kappa shape index (κ3) is 2.98. The summed E-state index contributed by atoms with van der Waals surface area (Å²) < 4.78 is 0. The van der Waals surface area contributed by atoms with Crippen molar-refractivity contribution in [1.29, 1.82) is 0 Å². The zero-order valence-corrected chi connectivity index (χ0v) is 10.8. The molecule has 2 saturated carbocycles. The summed E-state index contributed by atoms with van der Waals surface area (Å²) in [5, 5.41) is 0. The first kappa shape index (κ1) is 12.4. The molecule has 2 heteroatoms. The first-order valence-electron chi connectivity index (χ1n) is 7.32. The Labute approximate surface area is 101 Å². The molecule has 0 aromatic rings. The van der Waals surface area contributed by atoms with E-state index < -0.39 is 0 Å². The predicted molar refractivity (Wildman–Crippen MR) is 69.5 cm³/mol. The minimum Gasteiger partial charge on any atom is -0.328 e. The van der Waals surface area contributed by atoms with Crippen LogP contribution in [0.2, 0.25) is 0 Å². The largest absolute Gasteiger partial charge is 0.328 e. The molecule has 0 amide bonds. The lowest BCUT2D eigenvalue weighted by molar-refractivity contribution is 0.102. The third-order valence-electron chi connectivity index (χ3n) is 4.49. The van der Waals surface area contributed by atoms with E-state index in [0.29, 0.717) is 6.04 Å². The quantitative estimate of drug-likeness (QED) is 0.795. The van der Waals surface area contributed by atoms with Gasteiger partial charge < -0.3 is 5.73 Å². The summed E-state index contributed by atoms with van der Waals surface area (Å²) >= 11 is 0. The van der Waals surface area contributed by atoms with Gasteiger partial charge in [-0.2, -0.15) is 0 Å². The predicted octanol–water partition coefficient (Wildman–Crippen LogP) is 2.91. The summed E-state index contributed by atoms with van der Waals surface area (Å²) in [5.74, 6) is 0. The van der Waals surface area contributed by atoms with Gasteiger partial charge in [-0.15, -0.1) is 0 Å². The SMILES string of the molecule is CCCN(C1CCCC1)C1CCC(N)CC1. The van der Waals surface area contributed by atoms with Crippen LogP contribution >= 0.6 is 0 Å². The first-order valence-corrected chi connectivity index (χ1v) is 7.32. The standard InChI is InChI=1S/C14H28N2/c1-2-11-16(13-5-3-4-6-13)14-9-7-12(15)8-10-14/h12-14H,2-11,15H2,1H3. The second-order valence-corrected chi connectivity index (χ2v) is 5.74. The van der Waals surface area contributed by atoms with Crippen LogP contribution in [0.4, 0.5) is 0 Å². The van der Waals surface area contributed by atoms with Gasteiger partial charge in [0.05, 0.1) is 0 Å². The van der Waals surface area contributed by atoms with Crippen LogP contribution < -0.4 is 5.73 Å². The van der Waals surface area contributed by atoms with E-state index in [0.717, 1.165) is 12.1 Å². The van der Waals surface area contributed by atoms with Gasteiger partial charge in [0, 0.05) is 18.1 Å². The van der Waals surface area contributed by atoms with Gasteiger partial charge >= 0.3 is 0 Å². The maximum absolute atomic E-state index is 6.01. The van der Waals surface area contributed by atoms with Gasteiger partial charge in [-0.3, -0.25) is 4.90 Å². The average molecular weight is 224 g/mol. The molecule has 0 saturated heterocycles. The van der Waals surface area contributed by atoms with Crippen LogP contribution in [0.15, 0.2) is 0 Å². The molecule has 0 atom stereocenters. The summed E-state index contributed by atoms with van der Waals surface area (Å²) in [6.07, 6.45) is 12.3. The van der Waals surface area contributed by atoms with Gasteiger partial charge in [0.15, 0.2) is 0 Å². The molecule has 2 fully saturated rings. The lowest BCUT2D eigenvalue weighted by Gasteiger charge is -2.39. The van der Waals surface area contributed by atoms with E-state index in [4.69, 9.17) is 5.73 Å². The monoisotopic (exact) mass is 224 g/mol. The minimum atomic E-state index is 0.489. The van der Waals surface area contributed by atoms with Crippen molar-refractivity contribution in [2.24, 2.45) is 5.73 Å². The van der Waals surface area contributed by atoms with Crippen molar-refractivity contribution >= 4 is 0 Å². The Kier molecular flexibility index (Phi) is 4.66. The fourth-order valence-corrected chi connectivity index (χ4v) is 3.59. The van der Waals surface area contributed by atoms with Gasteiger partial charge in [0.2, 0.25) is 0 Å². The Balaban J connectivity index is 1.90. The van der Waals surface area contributed by atoms with Crippen molar-refractivity contribution < 1.29 is 0 Å². The van der Waals surface area contributed by atoms with Crippen molar-refractivity contribution in [2.45, 2.75) is 82.8 Å². The molecule has 0 radical (unpaired) electrons. The molecule has 2 N–H and O–H groups in total. The fourth-order valence-electron chi connectivity index (χ4n) is 3.59. The Morgan fingerprint density at radius 3 is 2.06 bits per heavy atom. The summed E-state index contributed by atoms with van der Waals surface area (Å²) in [5.41, 5.74) is 6.01. The Morgan fingerprint density at radius 1 is 0.938 bits per heavy atom. The zero-order chi connectivity index (χ0) is 11.4. The second kappa shape index (κ2) is 6.02. The smallest absolute Gasteiger partial charge is 0.00993 e. The molecule has 2 nitrogen and oxygen atoms in total. The van der Waals surface area contributed by atoms with Crippen molar-refractivity contribution in [1.82, 2.24) is 4.90 Å². The summed E-state index contributed by atoms with van der Waals surface area (Å²) in [4.78, 5) is 2.83. The Bertz CT molecular complexity index is 191. The highest BCUT2D eigenvalue weighted by Crippen LogP contribution is 2.30. The van der Waals surface area contributed by atoms with Crippen molar-refractivity contribution in [3.05, 3.63) is 0 Å². The molecule has 16 heavy (non-hydrogen) atoms. The zero-order valence-electron chi connectivity index (χ0n) is 10.8. The van der Waals surface area contributed by atoms with E-state index in [2.05, 4.69) is 11.8 Å². The molecular formula is C14H28N2. The summed E-state index contributed by atoms with van der Waals surface area (Å²) in [6.45, 7) is 3.63. The van der Waals surface area contributed by atoms with Crippen LogP contribution in [-0.4, -0.2) is 29.6 Å². The van der Waals surface area contributed by atoms with E-state index >= 15 is 0 Å². The van der Waals surface area contributed by atoms with Crippen molar-refractivity contribution in [3.8, 4) is 0 Å². The van der Waals surface area contributed by atoms with Crippen LogP contribution in [0.3, 0.4) is 0 Å². The maximum atomic E-state index is 6.01. The normalized spacial score (nSPS) is 32.4. The third-order valence-corrected chi connectivity index (χ3v) is 4.49. The average Bonchev–Trinajstić information content (AvgIpc) is 2.81. The minimum absolute atomic E-state index is 0.489. The molecule has 0 aromatic heterocycles. The molecule has 0 heterocycles. The van der Waals surface area contributed by atoms with Gasteiger partial charge in [-0.25, -0.2) is 0 Å². The molecule has 0 bridgehead atoms. The lowest BCUT2D eigenvalue weighted by Crippen LogP contribution is -2.45. The number of rotatable bonds is 4. The second-order valence-electron chi connectivity index (χ2n) is 5.74. The number of nitrogens with zero attached hydrogens (tertiary/aromatic N) is 1. The molecule has 2 rings (SSSR count). The maximum Gasteiger partial charge on any atom is 0.00993 e.